The second kappa shape index (κ2) is 11.3. The van der Waals surface area contributed by atoms with Gasteiger partial charge in [-0.3, -0.25) is 14.3 Å². The Balaban J connectivity index is 1.65. The first kappa shape index (κ1) is 29.5. The van der Waals surface area contributed by atoms with Crippen LogP contribution in [-0.2, 0) is 15.5 Å². The maximum absolute atomic E-state index is 13.7. The molecule has 0 aliphatic carbocycles. The van der Waals surface area contributed by atoms with E-state index in [2.05, 4.69) is 20.5 Å². The van der Waals surface area contributed by atoms with Gasteiger partial charge in [0.05, 0.1) is 28.5 Å². The zero-order valence-electron chi connectivity index (χ0n) is 24.1. The predicted octanol–water partition coefficient (Wildman–Crippen LogP) is 5.84. The monoisotopic (exact) mass is 598 g/mol. The molecule has 0 radical (unpaired) electrons. The van der Waals surface area contributed by atoms with Crippen LogP contribution in [0.25, 0.3) is 27.9 Å². The molecule has 1 atom stereocenters. The number of nitrogens with zero attached hydrogens (tertiary/aromatic N) is 2. The van der Waals surface area contributed by atoms with Gasteiger partial charge >= 0.3 is 0 Å². The van der Waals surface area contributed by atoms with Crippen LogP contribution in [0.1, 0.15) is 40.1 Å². The first-order valence-electron chi connectivity index (χ1n) is 13.4. The number of anilines is 1. The van der Waals surface area contributed by atoms with Crippen molar-refractivity contribution in [3.8, 4) is 22.4 Å². The summed E-state index contributed by atoms with van der Waals surface area (Å²) in [5, 5.41) is 10.3. The van der Waals surface area contributed by atoms with E-state index >= 15 is 0 Å². The lowest BCUT2D eigenvalue weighted by molar-refractivity contribution is 0.0910. The number of carbonyl (C=O) groups is 2. The standard InChI is InChI=1S/C32H31FN6O3S/c1-32(2,23-11-6-5-7-12-23)36-30(40)22-10-8-9-21(17-22)25-18-27-28(31(41)35-3)29(20-13-15-24(33)16-14-20)37-39(27)19-26(25)38-43(4,34)42/h5-19H,1-4H3,(H,35,41)(H,36,40)(H2,34,38,42). The van der Waals surface area contributed by atoms with Crippen molar-refractivity contribution in [2.24, 2.45) is 0 Å². The summed E-state index contributed by atoms with van der Waals surface area (Å²) >= 11 is 0. The summed E-state index contributed by atoms with van der Waals surface area (Å²) in [6, 6.07) is 23.9. The molecule has 0 saturated carbocycles. The number of fused-ring (bicyclic) bond motifs is 1. The number of hydrogen-bond acceptors (Lipinski definition) is 5. The maximum atomic E-state index is 13.7. The van der Waals surface area contributed by atoms with Gasteiger partial charge in [0.15, 0.2) is 0 Å². The molecule has 0 fully saturated rings. The third-order valence-electron chi connectivity index (χ3n) is 7.00. The Kier molecular flexibility index (Phi) is 7.76. The molecule has 0 spiro atoms. The van der Waals surface area contributed by atoms with Gasteiger partial charge in [0.2, 0.25) is 0 Å². The molecule has 3 aromatic carbocycles. The number of halogens is 1. The van der Waals surface area contributed by atoms with Crippen molar-refractivity contribution in [3.63, 3.8) is 0 Å². The van der Waals surface area contributed by atoms with E-state index in [-0.39, 0.29) is 11.5 Å². The number of nitrogens with one attached hydrogen (secondary N) is 4. The SMILES string of the molecule is CNC(=O)c1c(-c2ccc(F)cc2)nn2cc(NS(C)(=N)=O)c(-c3cccc(C(=O)NC(C)(C)c4ccccc4)c3)cc12. The molecular formula is C32H31FN6O3S. The molecule has 43 heavy (non-hydrogen) atoms. The summed E-state index contributed by atoms with van der Waals surface area (Å²) in [7, 11) is -1.73. The highest BCUT2D eigenvalue weighted by Gasteiger charge is 2.25. The van der Waals surface area contributed by atoms with Crippen molar-refractivity contribution in [1.29, 1.82) is 4.78 Å². The van der Waals surface area contributed by atoms with Gasteiger partial charge in [-0.05, 0) is 67.4 Å². The molecule has 2 amide bonds. The zero-order valence-corrected chi connectivity index (χ0v) is 24.9. The molecule has 0 aliphatic heterocycles. The van der Waals surface area contributed by atoms with Crippen LogP contribution >= 0.6 is 0 Å². The lowest BCUT2D eigenvalue weighted by Gasteiger charge is -2.27. The number of amides is 2. The van der Waals surface area contributed by atoms with Crippen LogP contribution in [0.2, 0.25) is 0 Å². The average Bonchev–Trinajstić information content (AvgIpc) is 3.34. The summed E-state index contributed by atoms with van der Waals surface area (Å²) in [5.41, 5.74) is 3.63. The lowest BCUT2D eigenvalue weighted by Crippen LogP contribution is -2.40. The largest absolute Gasteiger partial charge is 0.355 e. The Labute approximate surface area is 249 Å². The van der Waals surface area contributed by atoms with Gasteiger partial charge in [0.25, 0.3) is 11.8 Å². The van der Waals surface area contributed by atoms with Gasteiger partial charge in [-0.25, -0.2) is 17.9 Å². The molecule has 220 valence electrons. The Hall–Kier alpha value is -5.03. The predicted molar refractivity (Wildman–Crippen MR) is 167 cm³/mol. The highest BCUT2D eigenvalue weighted by molar-refractivity contribution is 7.93. The maximum Gasteiger partial charge on any atom is 0.255 e. The topological polar surface area (TPSA) is 128 Å². The van der Waals surface area contributed by atoms with E-state index in [0.717, 1.165) is 5.56 Å². The van der Waals surface area contributed by atoms with E-state index in [1.165, 1.54) is 42.1 Å². The molecule has 9 nitrogen and oxygen atoms in total. The zero-order chi connectivity index (χ0) is 30.9. The number of pyridine rings is 1. The molecule has 0 bridgehead atoms. The summed E-state index contributed by atoms with van der Waals surface area (Å²) in [4.78, 5) is 26.5. The number of aromatic nitrogens is 2. The van der Waals surface area contributed by atoms with Crippen LogP contribution in [0.3, 0.4) is 0 Å². The van der Waals surface area contributed by atoms with Crippen molar-refractivity contribution >= 4 is 32.9 Å². The molecule has 5 rings (SSSR count). The smallest absolute Gasteiger partial charge is 0.255 e. The van der Waals surface area contributed by atoms with Crippen molar-refractivity contribution in [3.05, 3.63) is 114 Å². The number of hydrogen-bond donors (Lipinski definition) is 4. The van der Waals surface area contributed by atoms with Crippen molar-refractivity contribution in [2.75, 3.05) is 18.0 Å². The minimum absolute atomic E-state index is 0.253. The van der Waals surface area contributed by atoms with Gasteiger partial charge in [-0.15, -0.1) is 0 Å². The third kappa shape index (κ3) is 6.26. The molecule has 0 aliphatic rings. The first-order chi connectivity index (χ1) is 20.4. The van der Waals surface area contributed by atoms with Crippen LogP contribution in [-0.4, -0.2) is 38.9 Å². The van der Waals surface area contributed by atoms with E-state index < -0.39 is 27.2 Å². The van der Waals surface area contributed by atoms with Crippen LogP contribution in [0, 0.1) is 10.6 Å². The van der Waals surface area contributed by atoms with Crippen LogP contribution in [0.15, 0.2) is 91.1 Å². The highest BCUT2D eigenvalue weighted by atomic mass is 32.2. The van der Waals surface area contributed by atoms with Gasteiger partial charge in [-0.2, -0.15) is 5.10 Å². The minimum Gasteiger partial charge on any atom is -0.355 e. The molecule has 4 N–H and O–H groups in total. The molecule has 0 saturated heterocycles. The second-order valence-corrected chi connectivity index (χ2v) is 12.6. The van der Waals surface area contributed by atoms with Crippen LogP contribution in [0.4, 0.5) is 10.1 Å². The highest BCUT2D eigenvalue weighted by Crippen LogP contribution is 2.35. The van der Waals surface area contributed by atoms with Gasteiger partial charge in [-0.1, -0.05) is 42.5 Å². The summed E-state index contributed by atoms with van der Waals surface area (Å²) in [6.45, 7) is 3.84. The van der Waals surface area contributed by atoms with E-state index in [1.54, 1.807) is 36.5 Å². The summed E-state index contributed by atoms with van der Waals surface area (Å²) < 4.78 is 38.5. The Bertz CT molecular complexity index is 1950. The van der Waals surface area contributed by atoms with Crippen LogP contribution < -0.4 is 15.4 Å². The Morgan fingerprint density at radius 1 is 0.930 bits per heavy atom. The molecule has 5 aromatic rings. The third-order valence-corrected chi connectivity index (χ3v) is 7.61. The van der Waals surface area contributed by atoms with Gasteiger partial charge in [0.1, 0.15) is 21.4 Å². The fourth-order valence-electron chi connectivity index (χ4n) is 4.89. The molecule has 2 heterocycles. The number of carbonyl (C=O) groups excluding carboxylic acids is 2. The number of benzene rings is 3. The lowest BCUT2D eigenvalue weighted by atomic mass is 9.93. The average molecular weight is 599 g/mol. The fourth-order valence-corrected chi connectivity index (χ4v) is 5.47. The van der Waals surface area contributed by atoms with Crippen molar-refractivity contribution in [2.45, 2.75) is 19.4 Å². The minimum atomic E-state index is -3.23. The molecule has 1 unspecified atom stereocenters. The van der Waals surface area contributed by atoms with Gasteiger partial charge < -0.3 is 10.6 Å². The Morgan fingerprint density at radius 3 is 2.28 bits per heavy atom. The second-order valence-electron chi connectivity index (χ2n) is 10.7. The first-order valence-corrected chi connectivity index (χ1v) is 15.4. The van der Waals surface area contributed by atoms with Gasteiger partial charge in [0, 0.05) is 30.0 Å². The van der Waals surface area contributed by atoms with E-state index in [0.29, 0.717) is 39.2 Å². The fraction of sp³-hybridized carbons (Fsp3) is 0.156. The Morgan fingerprint density at radius 2 is 1.63 bits per heavy atom. The quantitative estimate of drug-likeness (QED) is 0.179. The molecular weight excluding hydrogens is 567 g/mol. The molecule has 11 heteroatoms. The van der Waals surface area contributed by atoms with Crippen LogP contribution in [0.5, 0.6) is 0 Å². The van der Waals surface area contributed by atoms with Crippen molar-refractivity contribution < 1.29 is 18.2 Å². The molecule has 2 aromatic heterocycles. The number of rotatable bonds is 8. The normalized spacial score (nSPS) is 12.9. The van der Waals surface area contributed by atoms with E-state index in [9.17, 15) is 18.2 Å². The van der Waals surface area contributed by atoms with E-state index in [1.807, 2.05) is 44.2 Å². The summed E-state index contributed by atoms with van der Waals surface area (Å²) in [6.07, 6.45) is 2.80. The van der Waals surface area contributed by atoms with Crippen molar-refractivity contribution in [1.82, 2.24) is 20.2 Å². The summed E-state index contributed by atoms with van der Waals surface area (Å²) in [5.74, 6) is -1.12. The van der Waals surface area contributed by atoms with E-state index in [4.69, 9.17) is 4.78 Å².